The third-order valence-electron chi connectivity index (χ3n) is 2.63. The SMILES string of the molecule is C=C(CBr)CN1CC2CC1CO2. The fourth-order valence-corrected chi connectivity index (χ4v) is 2.18. The molecule has 2 aliphatic heterocycles. The number of likely N-dealkylation sites (tertiary alicyclic amines) is 1. The molecule has 2 bridgehead atoms. The van der Waals surface area contributed by atoms with Crippen molar-refractivity contribution in [2.24, 2.45) is 0 Å². The molecule has 0 saturated carbocycles. The molecule has 12 heavy (non-hydrogen) atoms. The van der Waals surface area contributed by atoms with Crippen LogP contribution in [0.4, 0.5) is 0 Å². The summed E-state index contributed by atoms with van der Waals surface area (Å²) in [6.07, 6.45) is 1.74. The van der Waals surface area contributed by atoms with Crippen LogP contribution in [0.2, 0.25) is 0 Å². The summed E-state index contributed by atoms with van der Waals surface area (Å²) in [6, 6.07) is 0.672. The van der Waals surface area contributed by atoms with Crippen LogP contribution in [0.1, 0.15) is 6.42 Å². The Balaban J connectivity index is 1.86. The zero-order chi connectivity index (χ0) is 8.55. The molecule has 2 nitrogen and oxygen atoms in total. The number of morpholine rings is 1. The average Bonchev–Trinajstić information content (AvgIpc) is 2.64. The molecule has 2 aliphatic rings. The molecule has 0 spiro atoms. The molecule has 0 N–H and O–H groups in total. The molecule has 0 radical (unpaired) electrons. The molecule has 2 heterocycles. The summed E-state index contributed by atoms with van der Waals surface area (Å²) in [4.78, 5) is 2.48. The van der Waals surface area contributed by atoms with Gasteiger partial charge in [-0.15, -0.1) is 0 Å². The van der Waals surface area contributed by atoms with Crippen molar-refractivity contribution in [2.75, 3.05) is 25.0 Å². The Bertz CT molecular complexity index is 195. The van der Waals surface area contributed by atoms with Crippen LogP contribution in [-0.4, -0.2) is 42.1 Å². The van der Waals surface area contributed by atoms with Gasteiger partial charge in [0, 0.05) is 24.5 Å². The maximum Gasteiger partial charge on any atom is 0.0718 e. The Kier molecular flexibility index (Phi) is 2.53. The van der Waals surface area contributed by atoms with Gasteiger partial charge in [-0.3, -0.25) is 4.90 Å². The van der Waals surface area contributed by atoms with Crippen molar-refractivity contribution in [1.29, 1.82) is 0 Å². The summed E-state index contributed by atoms with van der Waals surface area (Å²) in [5.74, 6) is 0. The van der Waals surface area contributed by atoms with Crippen LogP contribution in [-0.2, 0) is 4.74 Å². The van der Waals surface area contributed by atoms with E-state index in [4.69, 9.17) is 4.74 Å². The summed E-state index contributed by atoms with van der Waals surface area (Å²) < 4.78 is 5.51. The van der Waals surface area contributed by atoms with E-state index < -0.39 is 0 Å². The van der Waals surface area contributed by atoms with Gasteiger partial charge in [0.25, 0.3) is 0 Å². The number of nitrogens with zero attached hydrogens (tertiary/aromatic N) is 1. The van der Waals surface area contributed by atoms with Crippen LogP contribution in [0.5, 0.6) is 0 Å². The van der Waals surface area contributed by atoms with E-state index in [2.05, 4.69) is 27.4 Å². The van der Waals surface area contributed by atoms with Gasteiger partial charge in [0.05, 0.1) is 12.7 Å². The zero-order valence-corrected chi connectivity index (χ0v) is 8.72. The lowest BCUT2D eigenvalue weighted by atomic mass is 10.2. The minimum Gasteiger partial charge on any atom is -0.375 e. The molecule has 0 aromatic heterocycles. The van der Waals surface area contributed by atoms with Gasteiger partial charge in [0.1, 0.15) is 0 Å². The Morgan fingerprint density at radius 3 is 3.00 bits per heavy atom. The highest BCUT2D eigenvalue weighted by Crippen LogP contribution is 2.28. The largest absolute Gasteiger partial charge is 0.375 e. The Labute approximate surface area is 81.7 Å². The van der Waals surface area contributed by atoms with Crippen molar-refractivity contribution in [3.63, 3.8) is 0 Å². The van der Waals surface area contributed by atoms with E-state index >= 15 is 0 Å². The number of halogens is 1. The Morgan fingerprint density at radius 1 is 1.67 bits per heavy atom. The zero-order valence-electron chi connectivity index (χ0n) is 7.13. The minimum absolute atomic E-state index is 0.512. The molecule has 2 atom stereocenters. The van der Waals surface area contributed by atoms with Gasteiger partial charge in [0.15, 0.2) is 0 Å². The van der Waals surface area contributed by atoms with E-state index in [1.165, 1.54) is 12.0 Å². The second kappa shape index (κ2) is 3.48. The predicted molar refractivity (Wildman–Crippen MR) is 52.7 cm³/mol. The lowest BCUT2D eigenvalue weighted by Gasteiger charge is -2.26. The van der Waals surface area contributed by atoms with Gasteiger partial charge in [-0.05, 0) is 6.42 Å². The van der Waals surface area contributed by atoms with Crippen LogP contribution in [0.15, 0.2) is 12.2 Å². The summed E-state index contributed by atoms with van der Waals surface area (Å²) >= 11 is 3.42. The topological polar surface area (TPSA) is 12.5 Å². The van der Waals surface area contributed by atoms with Gasteiger partial charge in [-0.1, -0.05) is 28.1 Å². The maximum absolute atomic E-state index is 5.51. The van der Waals surface area contributed by atoms with Gasteiger partial charge in [0.2, 0.25) is 0 Å². The Hall–Kier alpha value is 0.140. The van der Waals surface area contributed by atoms with Crippen LogP contribution in [0.3, 0.4) is 0 Å². The smallest absolute Gasteiger partial charge is 0.0718 e. The first-order valence-corrected chi connectivity index (χ1v) is 5.50. The van der Waals surface area contributed by atoms with Crippen molar-refractivity contribution in [1.82, 2.24) is 4.90 Å². The van der Waals surface area contributed by atoms with Gasteiger partial charge in [-0.25, -0.2) is 0 Å². The summed E-state index contributed by atoms with van der Waals surface area (Å²) in [5, 5.41) is 0.918. The van der Waals surface area contributed by atoms with E-state index in [9.17, 15) is 0 Å². The number of alkyl halides is 1. The van der Waals surface area contributed by atoms with Crippen LogP contribution < -0.4 is 0 Å². The van der Waals surface area contributed by atoms with Crippen molar-refractivity contribution in [3.05, 3.63) is 12.2 Å². The third-order valence-corrected chi connectivity index (χ3v) is 3.42. The molecule has 2 unspecified atom stereocenters. The fourth-order valence-electron chi connectivity index (χ4n) is 2.00. The fraction of sp³-hybridized carbons (Fsp3) is 0.778. The summed E-state index contributed by atoms with van der Waals surface area (Å²) in [7, 11) is 0. The third kappa shape index (κ3) is 1.58. The molecule has 3 heteroatoms. The molecule has 2 rings (SSSR count). The van der Waals surface area contributed by atoms with E-state index in [1.807, 2.05) is 0 Å². The average molecular weight is 232 g/mol. The second-order valence-electron chi connectivity index (χ2n) is 3.66. The lowest BCUT2D eigenvalue weighted by Crippen LogP contribution is -2.38. The molecule has 0 aromatic rings. The highest BCUT2D eigenvalue weighted by atomic mass is 79.9. The molecule has 0 aliphatic carbocycles. The van der Waals surface area contributed by atoms with Crippen LogP contribution in [0, 0.1) is 0 Å². The van der Waals surface area contributed by atoms with E-state index in [-0.39, 0.29) is 0 Å². The highest BCUT2D eigenvalue weighted by molar-refractivity contribution is 9.09. The monoisotopic (exact) mass is 231 g/mol. The first kappa shape index (κ1) is 8.73. The van der Waals surface area contributed by atoms with Crippen molar-refractivity contribution in [2.45, 2.75) is 18.6 Å². The molecule has 0 aromatic carbocycles. The summed E-state index contributed by atoms with van der Waals surface area (Å²) in [5.41, 5.74) is 1.27. The quantitative estimate of drug-likeness (QED) is 0.539. The predicted octanol–water partition coefficient (Wildman–Crippen LogP) is 1.41. The number of hydrogen-bond acceptors (Lipinski definition) is 2. The Morgan fingerprint density at radius 2 is 2.50 bits per heavy atom. The number of rotatable bonds is 3. The van der Waals surface area contributed by atoms with Gasteiger partial charge < -0.3 is 4.74 Å². The number of fused-ring (bicyclic) bond motifs is 2. The van der Waals surface area contributed by atoms with Crippen molar-refractivity contribution >= 4 is 15.9 Å². The molecule has 68 valence electrons. The number of ether oxygens (including phenoxy) is 1. The van der Waals surface area contributed by atoms with E-state index in [1.54, 1.807) is 0 Å². The standard InChI is InChI=1S/C9H14BrNO/c1-7(3-10)4-11-5-9-2-8(11)6-12-9/h8-9H,1-6H2. The minimum atomic E-state index is 0.512. The normalized spacial score (nSPS) is 34.4. The molecule has 2 saturated heterocycles. The van der Waals surface area contributed by atoms with Crippen molar-refractivity contribution in [3.8, 4) is 0 Å². The lowest BCUT2D eigenvalue weighted by molar-refractivity contribution is 0.0346. The van der Waals surface area contributed by atoms with Crippen LogP contribution >= 0.6 is 15.9 Å². The maximum atomic E-state index is 5.51. The first-order chi connectivity index (χ1) is 5.79. The summed E-state index contributed by atoms with van der Waals surface area (Å²) in [6.45, 7) is 7.07. The van der Waals surface area contributed by atoms with Crippen molar-refractivity contribution < 1.29 is 4.74 Å². The number of hydrogen-bond donors (Lipinski definition) is 0. The van der Waals surface area contributed by atoms with Gasteiger partial charge >= 0.3 is 0 Å². The second-order valence-corrected chi connectivity index (χ2v) is 4.22. The van der Waals surface area contributed by atoms with Gasteiger partial charge in [-0.2, -0.15) is 0 Å². The molecule has 0 amide bonds. The van der Waals surface area contributed by atoms with E-state index in [0.717, 1.165) is 25.0 Å². The highest BCUT2D eigenvalue weighted by Gasteiger charge is 2.38. The van der Waals surface area contributed by atoms with Crippen LogP contribution in [0.25, 0.3) is 0 Å². The molecular formula is C9H14BrNO. The first-order valence-electron chi connectivity index (χ1n) is 4.38. The van der Waals surface area contributed by atoms with E-state index in [0.29, 0.717) is 12.1 Å². The molecule has 2 fully saturated rings. The molecular weight excluding hydrogens is 218 g/mol.